The van der Waals surface area contributed by atoms with E-state index in [-0.39, 0.29) is 12.5 Å². The van der Waals surface area contributed by atoms with E-state index in [1.807, 2.05) is 61.5 Å². The number of nitrogens with zero attached hydrogens (tertiary/aromatic N) is 1. The summed E-state index contributed by atoms with van der Waals surface area (Å²) in [6.45, 7) is 2.49. The quantitative estimate of drug-likeness (QED) is 0.645. The van der Waals surface area contributed by atoms with Crippen molar-refractivity contribution < 1.29 is 9.53 Å². The largest absolute Gasteiger partial charge is 0.484 e. The van der Waals surface area contributed by atoms with E-state index in [4.69, 9.17) is 17.0 Å². The Hall–Kier alpha value is -2.60. The Bertz CT molecular complexity index is 692. The molecule has 24 heavy (non-hydrogen) atoms. The topological polar surface area (TPSA) is 53.6 Å². The molecular weight excluding hydrogens is 322 g/mol. The van der Waals surface area contributed by atoms with Crippen LogP contribution < -0.4 is 15.5 Å². The zero-order chi connectivity index (χ0) is 17.4. The number of benzene rings is 2. The van der Waals surface area contributed by atoms with Crippen molar-refractivity contribution in [2.24, 2.45) is 0 Å². The Labute approximate surface area is 147 Å². The first-order valence-corrected chi connectivity index (χ1v) is 8.00. The number of carbonyl (C=O) groups is 1. The van der Waals surface area contributed by atoms with Crippen molar-refractivity contribution in [1.29, 1.82) is 0 Å². The average Bonchev–Trinajstić information content (AvgIpc) is 2.59. The molecule has 0 unspecified atom stereocenters. The minimum atomic E-state index is -0.275. The summed E-state index contributed by atoms with van der Waals surface area (Å²) < 4.78 is 5.46. The van der Waals surface area contributed by atoms with Gasteiger partial charge in [-0.2, -0.15) is 0 Å². The minimum Gasteiger partial charge on any atom is -0.484 e. The molecule has 2 rings (SSSR count). The van der Waals surface area contributed by atoms with Gasteiger partial charge in [0.05, 0.1) is 0 Å². The highest BCUT2D eigenvalue weighted by molar-refractivity contribution is 7.80. The molecule has 0 aliphatic rings. The van der Waals surface area contributed by atoms with Crippen molar-refractivity contribution in [3.63, 3.8) is 0 Å². The number of hydrogen-bond donors (Lipinski definition) is 2. The zero-order valence-electron chi connectivity index (χ0n) is 13.8. The second kappa shape index (κ2) is 8.88. The number of aryl methyl sites for hydroxylation is 1. The summed E-state index contributed by atoms with van der Waals surface area (Å²) in [6.07, 6.45) is 0. The number of rotatable bonds is 5. The highest BCUT2D eigenvalue weighted by atomic mass is 32.1. The van der Waals surface area contributed by atoms with E-state index in [0.717, 1.165) is 11.1 Å². The molecule has 0 atom stereocenters. The van der Waals surface area contributed by atoms with Crippen molar-refractivity contribution in [2.75, 3.05) is 13.7 Å². The first kappa shape index (κ1) is 17.7. The molecule has 0 spiro atoms. The number of nitrogens with one attached hydrogen (secondary N) is 2. The molecule has 2 aromatic carbocycles. The van der Waals surface area contributed by atoms with Gasteiger partial charge in [0.2, 0.25) is 0 Å². The van der Waals surface area contributed by atoms with Gasteiger partial charge in [0.1, 0.15) is 5.75 Å². The van der Waals surface area contributed by atoms with Gasteiger partial charge in [0.15, 0.2) is 11.7 Å². The van der Waals surface area contributed by atoms with Crippen molar-refractivity contribution in [2.45, 2.75) is 13.5 Å². The molecule has 2 N–H and O–H groups in total. The van der Waals surface area contributed by atoms with Crippen LogP contribution in [0.5, 0.6) is 5.75 Å². The molecule has 0 heterocycles. The molecule has 0 aromatic heterocycles. The molecule has 6 heteroatoms. The van der Waals surface area contributed by atoms with Gasteiger partial charge in [0, 0.05) is 13.6 Å². The molecule has 0 aliphatic heterocycles. The first-order valence-electron chi connectivity index (χ1n) is 7.59. The number of amides is 1. The molecule has 0 fully saturated rings. The molecule has 0 radical (unpaired) electrons. The van der Waals surface area contributed by atoms with E-state index < -0.39 is 0 Å². The highest BCUT2D eigenvalue weighted by Gasteiger charge is 2.09. The minimum absolute atomic E-state index is 0.0743. The predicted molar refractivity (Wildman–Crippen MR) is 98.5 cm³/mol. The molecule has 0 saturated carbocycles. The predicted octanol–water partition coefficient (Wildman–Crippen LogP) is 2.41. The van der Waals surface area contributed by atoms with Crippen LogP contribution in [0, 0.1) is 6.92 Å². The van der Waals surface area contributed by atoms with Crippen LogP contribution in [0.25, 0.3) is 0 Å². The van der Waals surface area contributed by atoms with Crippen LogP contribution in [0.4, 0.5) is 0 Å². The first-order chi connectivity index (χ1) is 11.5. The molecule has 0 aliphatic carbocycles. The molecule has 1 amide bonds. The van der Waals surface area contributed by atoms with E-state index in [1.54, 1.807) is 7.05 Å². The summed E-state index contributed by atoms with van der Waals surface area (Å²) in [5.74, 6) is 0.389. The summed E-state index contributed by atoms with van der Waals surface area (Å²) in [5, 5.41) is 4.99. The summed E-state index contributed by atoms with van der Waals surface area (Å²) in [4.78, 5) is 11.9. The fraction of sp³-hybridized carbons (Fsp3) is 0.222. The average molecular weight is 343 g/mol. The lowest BCUT2D eigenvalue weighted by atomic mass is 10.2. The summed E-state index contributed by atoms with van der Waals surface area (Å²) >= 11 is 5.25. The lowest BCUT2D eigenvalue weighted by Gasteiger charge is -2.21. The second-order valence-electron chi connectivity index (χ2n) is 5.34. The fourth-order valence-corrected chi connectivity index (χ4v) is 2.13. The molecular formula is C18H21N3O2S. The third kappa shape index (κ3) is 5.89. The summed E-state index contributed by atoms with van der Waals surface area (Å²) in [7, 11) is 1.69. The number of thiocarbonyl (C=S) groups is 1. The number of carbonyl (C=O) groups excluding carboxylic acids is 1. The van der Waals surface area contributed by atoms with E-state index in [2.05, 4.69) is 10.7 Å². The van der Waals surface area contributed by atoms with Crippen LogP contribution in [-0.4, -0.2) is 29.7 Å². The van der Waals surface area contributed by atoms with Gasteiger partial charge in [-0.3, -0.25) is 15.2 Å². The maximum absolute atomic E-state index is 11.9. The van der Waals surface area contributed by atoms with Gasteiger partial charge < -0.3 is 10.1 Å². The Balaban J connectivity index is 1.73. The molecule has 126 valence electrons. The molecule has 2 aromatic rings. The van der Waals surface area contributed by atoms with Crippen LogP contribution in [0.3, 0.4) is 0 Å². The maximum atomic E-state index is 11.9. The fourth-order valence-electron chi connectivity index (χ4n) is 2.02. The number of hydrogen-bond acceptors (Lipinski definition) is 3. The van der Waals surface area contributed by atoms with Crippen molar-refractivity contribution in [1.82, 2.24) is 15.8 Å². The van der Waals surface area contributed by atoms with E-state index in [0.29, 0.717) is 17.4 Å². The smallest absolute Gasteiger partial charge is 0.276 e. The van der Waals surface area contributed by atoms with Gasteiger partial charge in [-0.25, -0.2) is 0 Å². The van der Waals surface area contributed by atoms with Gasteiger partial charge in [-0.15, -0.1) is 0 Å². The Morgan fingerprint density at radius 3 is 2.62 bits per heavy atom. The Morgan fingerprint density at radius 2 is 1.92 bits per heavy atom. The van der Waals surface area contributed by atoms with E-state index >= 15 is 0 Å². The standard InChI is InChI=1S/C18H21N3O2S/c1-14-7-6-10-16(11-14)23-13-17(22)20-21(2)18(24)19-12-15-8-4-3-5-9-15/h3-11H,12-13H2,1-2H3,(H,19,24)(H,20,22). The van der Waals surface area contributed by atoms with Crippen molar-refractivity contribution in [3.8, 4) is 5.75 Å². The lowest BCUT2D eigenvalue weighted by molar-refractivity contribution is -0.126. The normalized spacial score (nSPS) is 9.92. The third-order valence-corrected chi connectivity index (χ3v) is 3.66. The summed E-state index contributed by atoms with van der Waals surface area (Å²) in [5.41, 5.74) is 4.86. The van der Waals surface area contributed by atoms with Crippen LogP contribution in [0.15, 0.2) is 54.6 Å². The van der Waals surface area contributed by atoms with Crippen molar-refractivity contribution >= 4 is 23.2 Å². The third-order valence-electron chi connectivity index (χ3n) is 3.24. The van der Waals surface area contributed by atoms with Gasteiger partial charge >= 0.3 is 0 Å². The molecule has 0 saturated heterocycles. The van der Waals surface area contributed by atoms with Crippen LogP contribution in [0.1, 0.15) is 11.1 Å². The van der Waals surface area contributed by atoms with Crippen LogP contribution in [-0.2, 0) is 11.3 Å². The van der Waals surface area contributed by atoms with E-state index in [1.165, 1.54) is 5.01 Å². The molecule has 0 bridgehead atoms. The Morgan fingerprint density at radius 1 is 1.17 bits per heavy atom. The van der Waals surface area contributed by atoms with E-state index in [9.17, 15) is 4.79 Å². The van der Waals surface area contributed by atoms with Crippen LogP contribution in [0.2, 0.25) is 0 Å². The lowest BCUT2D eigenvalue weighted by Crippen LogP contribution is -2.49. The molecule has 5 nitrogen and oxygen atoms in total. The highest BCUT2D eigenvalue weighted by Crippen LogP contribution is 2.11. The SMILES string of the molecule is Cc1cccc(OCC(=O)NN(C)C(=S)NCc2ccccc2)c1. The van der Waals surface area contributed by atoms with Crippen molar-refractivity contribution in [3.05, 3.63) is 65.7 Å². The number of ether oxygens (including phenoxy) is 1. The summed E-state index contributed by atoms with van der Waals surface area (Å²) in [6, 6.07) is 17.5. The second-order valence-corrected chi connectivity index (χ2v) is 5.73. The zero-order valence-corrected chi connectivity index (χ0v) is 14.6. The monoisotopic (exact) mass is 343 g/mol. The maximum Gasteiger partial charge on any atom is 0.276 e. The Kier molecular flexibility index (Phi) is 6.57. The van der Waals surface area contributed by atoms with Gasteiger partial charge in [-0.1, -0.05) is 42.5 Å². The van der Waals surface area contributed by atoms with Crippen LogP contribution >= 0.6 is 12.2 Å². The van der Waals surface area contributed by atoms with Gasteiger partial charge in [-0.05, 0) is 42.4 Å². The number of hydrazine groups is 1. The van der Waals surface area contributed by atoms with Gasteiger partial charge in [0.25, 0.3) is 5.91 Å².